The summed E-state index contributed by atoms with van der Waals surface area (Å²) in [6, 6.07) is 12.6. The summed E-state index contributed by atoms with van der Waals surface area (Å²) >= 11 is 12.2. The number of likely N-dealkylation sites (N-methyl/N-ethyl adjacent to an activating group) is 1. The molecule has 1 fully saturated rings. The van der Waals surface area contributed by atoms with Crippen molar-refractivity contribution in [3.05, 3.63) is 69.2 Å². The minimum Gasteiger partial charge on any atom is -0.352 e. The van der Waals surface area contributed by atoms with Crippen LogP contribution in [0.3, 0.4) is 0 Å². The number of hydrogen-bond acceptors (Lipinski definition) is 3. The number of carbonyl (C=O) groups is 2. The maximum absolute atomic E-state index is 13.0. The Morgan fingerprint density at radius 3 is 2.53 bits per heavy atom. The van der Waals surface area contributed by atoms with E-state index in [1.54, 1.807) is 23.1 Å². The molecular formula is C23H27Cl2N3O2. The van der Waals surface area contributed by atoms with Crippen LogP contribution in [0.4, 0.5) is 0 Å². The first kappa shape index (κ1) is 22.6. The monoisotopic (exact) mass is 447 g/mol. The van der Waals surface area contributed by atoms with Crippen molar-refractivity contribution in [2.24, 2.45) is 0 Å². The Balaban J connectivity index is 1.70. The fraction of sp³-hybridized carbons (Fsp3) is 0.391. The highest BCUT2D eigenvalue weighted by atomic mass is 35.5. The first-order chi connectivity index (χ1) is 14.3. The van der Waals surface area contributed by atoms with Gasteiger partial charge < -0.3 is 15.1 Å². The van der Waals surface area contributed by atoms with E-state index in [0.717, 1.165) is 12.0 Å². The molecule has 0 bridgehead atoms. The second-order valence-corrected chi connectivity index (χ2v) is 8.76. The lowest BCUT2D eigenvalue weighted by Gasteiger charge is -2.28. The Morgan fingerprint density at radius 2 is 1.87 bits per heavy atom. The summed E-state index contributed by atoms with van der Waals surface area (Å²) in [5.74, 6) is -0.402. The second-order valence-electron chi connectivity index (χ2n) is 7.92. The summed E-state index contributed by atoms with van der Waals surface area (Å²) in [7, 11) is 3.98. The van der Waals surface area contributed by atoms with Crippen LogP contribution in [-0.4, -0.2) is 54.8 Å². The van der Waals surface area contributed by atoms with Crippen molar-refractivity contribution in [2.45, 2.75) is 31.8 Å². The molecule has 2 atom stereocenters. The largest absolute Gasteiger partial charge is 0.352 e. The molecule has 1 N–H and O–H groups in total. The van der Waals surface area contributed by atoms with Crippen molar-refractivity contribution in [2.75, 3.05) is 27.2 Å². The highest BCUT2D eigenvalue weighted by Gasteiger charge is 2.35. The van der Waals surface area contributed by atoms with Crippen LogP contribution >= 0.6 is 23.2 Å². The number of benzene rings is 2. The van der Waals surface area contributed by atoms with E-state index < -0.39 is 6.04 Å². The third-order valence-electron chi connectivity index (χ3n) is 5.53. The van der Waals surface area contributed by atoms with Gasteiger partial charge in [-0.05, 0) is 57.6 Å². The quantitative estimate of drug-likeness (QED) is 0.716. The van der Waals surface area contributed by atoms with E-state index in [-0.39, 0.29) is 17.9 Å². The number of nitrogens with one attached hydrogen (secondary N) is 1. The van der Waals surface area contributed by atoms with E-state index in [0.29, 0.717) is 35.1 Å². The summed E-state index contributed by atoms with van der Waals surface area (Å²) in [6.07, 6.45) is 1.41. The van der Waals surface area contributed by atoms with Gasteiger partial charge in [0, 0.05) is 18.1 Å². The molecule has 7 heteroatoms. The van der Waals surface area contributed by atoms with Crippen LogP contribution in [0.5, 0.6) is 0 Å². The van der Waals surface area contributed by atoms with Gasteiger partial charge in [-0.1, -0.05) is 53.0 Å². The number of amides is 2. The Kier molecular flexibility index (Phi) is 7.40. The topological polar surface area (TPSA) is 52.7 Å². The van der Waals surface area contributed by atoms with E-state index >= 15 is 0 Å². The predicted molar refractivity (Wildman–Crippen MR) is 121 cm³/mol. The lowest BCUT2D eigenvalue weighted by Crippen LogP contribution is -2.47. The highest BCUT2D eigenvalue weighted by molar-refractivity contribution is 6.35. The Hall–Kier alpha value is -2.08. The Morgan fingerprint density at radius 1 is 1.17 bits per heavy atom. The molecule has 0 spiro atoms. The van der Waals surface area contributed by atoms with E-state index in [4.69, 9.17) is 23.2 Å². The minimum atomic E-state index is -0.506. The van der Waals surface area contributed by atoms with Crippen molar-refractivity contribution in [3.63, 3.8) is 0 Å². The molecule has 0 radical (unpaired) electrons. The van der Waals surface area contributed by atoms with E-state index in [9.17, 15) is 9.59 Å². The van der Waals surface area contributed by atoms with Crippen molar-refractivity contribution in [1.82, 2.24) is 15.1 Å². The highest BCUT2D eigenvalue weighted by Crippen LogP contribution is 2.26. The van der Waals surface area contributed by atoms with Crippen molar-refractivity contribution >= 4 is 35.0 Å². The Bertz CT molecular complexity index is 915. The third kappa shape index (κ3) is 5.15. The zero-order valence-corrected chi connectivity index (χ0v) is 19.0. The van der Waals surface area contributed by atoms with Crippen LogP contribution in [0, 0.1) is 6.92 Å². The average Bonchev–Trinajstić information content (AvgIpc) is 3.20. The molecule has 2 aromatic rings. The molecule has 0 saturated carbocycles. The Labute approximate surface area is 187 Å². The molecule has 30 heavy (non-hydrogen) atoms. The summed E-state index contributed by atoms with van der Waals surface area (Å²) in [5, 5.41) is 3.82. The number of hydrogen-bond donors (Lipinski definition) is 1. The van der Waals surface area contributed by atoms with E-state index in [1.807, 2.05) is 21.0 Å². The maximum atomic E-state index is 13.0. The average molecular weight is 448 g/mol. The molecule has 5 nitrogen and oxygen atoms in total. The van der Waals surface area contributed by atoms with Gasteiger partial charge in [0.15, 0.2) is 0 Å². The maximum Gasteiger partial charge on any atom is 0.256 e. The van der Waals surface area contributed by atoms with Gasteiger partial charge >= 0.3 is 0 Å². The summed E-state index contributed by atoms with van der Waals surface area (Å²) in [4.78, 5) is 29.7. The minimum absolute atomic E-state index is 0.0440. The van der Waals surface area contributed by atoms with Crippen LogP contribution in [0.15, 0.2) is 42.5 Å². The molecule has 1 aliphatic rings. The molecule has 2 aromatic carbocycles. The molecule has 1 heterocycles. The van der Waals surface area contributed by atoms with Crippen LogP contribution < -0.4 is 5.32 Å². The number of aryl methyl sites for hydroxylation is 1. The van der Waals surface area contributed by atoms with Gasteiger partial charge in [0.05, 0.1) is 16.6 Å². The number of likely N-dealkylation sites (tertiary alicyclic amines) is 1. The number of carbonyl (C=O) groups excluding carboxylic acids is 2. The number of nitrogens with zero attached hydrogens (tertiary/aromatic N) is 2. The van der Waals surface area contributed by atoms with Crippen LogP contribution in [-0.2, 0) is 4.79 Å². The van der Waals surface area contributed by atoms with Gasteiger partial charge in [-0.15, -0.1) is 0 Å². The van der Waals surface area contributed by atoms with Gasteiger partial charge in [-0.3, -0.25) is 9.59 Å². The third-order valence-corrected chi connectivity index (χ3v) is 6.09. The zero-order valence-electron chi connectivity index (χ0n) is 17.5. The lowest BCUT2D eigenvalue weighted by atomic mass is 10.0. The second kappa shape index (κ2) is 9.82. The number of halogens is 2. The van der Waals surface area contributed by atoms with Crippen molar-refractivity contribution < 1.29 is 9.59 Å². The fourth-order valence-corrected chi connectivity index (χ4v) is 4.17. The smallest absolute Gasteiger partial charge is 0.256 e. The van der Waals surface area contributed by atoms with Crippen LogP contribution in [0.1, 0.15) is 40.4 Å². The molecule has 1 aliphatic heterocycles. The molecule has 1 saturated heterocycles. The summed E-state index contributed by atoms with van der Waals surface area (Å²) in [6.45, 7) is 3.04. The zero-order chi connectivity index (χ0) is 21.8. The molecule has 3 rings (SSSR count). The molecule has 160 valence electrons. The fourth-order valence-electron chi connectivity index (χ4n) is 3.80. The number of rotatable bonds is 6. The van der Waals surface area contributed by atoms with Gasteiger partial charge in [0.1, 0.15) is 6.04 Å². The normalized spacial score (nSPS) is 17.3. The van der Waals surface area contributed by atoms with E-state index in [2.05, 4.69) is 34.5 Å². The van der Waals surface area contributed by atoms with Gasteiger partial charge in [-0.2, -0.15) is 0 Å². The molecule has 0 aromatic heterocycles. The standard InChI is InChI=1S/C23H27Cl2N3O2/c1-15-6-8-16(9-7-15)21(27(2)3)14-26-22(29)20-5-4-12-28(20)23(30)18-13-17(24)10-11-19(18)25/h6-11,13,20-21H,4-5,12,14H2,1-3H3,(H,26,29)/t20-,21+/m0/s1. The van der Waals surface area contributed by atoms with Gasteiger partial charge in [-0.25, -0.2) is 0 Å². The summed E-state index contributed by atoms with van der Waals surface area (Å²) < 4.78 is 0. The van der Waals surface area contributed by atoms with Gasteiger partial charge in [0.2, 0.25) is 5.91 Å². The molecular weight excluding hydrogens is 421 g/mol. The predicted octanol–water partition coefficient (Wildman–Crippen LogP) is 4.33. The lowest BCUT2D eigenvalue weighted by molar-refractivity contribution is -0.125. The SMILES string of the molecule is Cc1ccc([C@@H](CNC(=O)[C@@H]2CCCN2C(=O)c2cc(Cl)ccc2Cl)N(C)C)cc1. The molecule has 0 unspecified atom stereocenters. The first-order valence-electron chi connectivity index (χ1n) is 10.0. The van der Waals surface area contributed by atoms with Gasteiger partial charge in [0.25, 0.3) is 5.91 Å². The molecule has 0 aliphatic carbocycles. The van der Waals surface area contributed by atoms with E-state index in [1.165, 1.54) is 5.56 Å². The van der Waals surface area contributed by atoms with Crippen LogP contribution in [0.2, 0.25) is 10.0 Å². The van der Waals surface area contributed by atoms with Crippen molar-refractivity contribution in [1.29, 1.82) is 0 Å². The summed E-state index contributed by atoms with van der Waals surface area (Å²) in [5.41, 5.74) is 2.66. The van der Waals surface area contributed by atoms with Crippen molar-refractivity contribution in [3.8, 4) is 0 Å². The van der Waals surface area contributed by atoms with Crippen LogP contribution in [0.25, 0.3) is 0 Å². The molecule has 2 amide bonds. The first-order valence-corrected chi connectivity index (χ1v) is 10.8.